The van der Waals surface area contributed by atoms with Gasteiger partial charge in [-0.05, 0) is 37.6 Å². The molecular formula is C19H18N2O3S2. The van der Waals surface area contributed by atoms with Gasteiger partial charge in [-0.3, -0.25) is 9.59 Å². The first-order valence-corrected chi connectivity index (χ1v) is 10.3. The molecule has 3 aromatic rings. The zero-order chi connectivity index (χ0) is 18.1. The van der Waals surface area contributed by atoms with Crippen molar-refractivity contribution in [1.82, 2.24) is 9.97 Å². The van der Waals surface area contributed by atoms with E-state index in [0.29, 0.717) is 22.5 Å². The number of allylic oxidation sites excluding steroid dienone is 2. The minimum atomic E-state index is -0.585. The molecule has 0 unspecified atom stereocenters. The number of nitrogens with zero attached hydrogens (tertiary/aromatic N) is 1. The standard InChI is InChI=1S/C19H18N2O3S2/c1-11(24-19(23)12-6-3-2-4-7-12)16-20-17(22)15-13(10-26-18(15)21-16)14-8-5-9-25-14/h2-3,5,8-12H,4,6-7H2,1H3,(H,20,21,22)/t11-,12+/m0/s1. The molecule has 0 amide bonds. The summed E-state index contributed by atoms with van der Waals surface area (Å²) < 4.78 is 5.56. The Morgan fingerprint density at radius 3 is 3.00 bits per heavy atom. The second kappa shape index (κ2) is 7.17. The van der Waals surface area contributed by atoms with Gasteiger partial charge in [0.05, 0.1) is 11.3 Å². The van der Waals surface area contributed by atoms with Gasteiger partial charge in [-0.2, -0.15) is 0 Å². The Labute approximate surface area is 158 Å². The van der Waals surface area contributed by atoms with E-state index in [2.05, 4.69) is 16.0 Å². The molecule has 1 aliphatic carbocycles. The number of thiophene rings is 2. The summed E-state index contributed by atoms with van der Waals surface area (Å²) in [7, 11) is 0. The summed E-state index contributed by atoms with van der Waals surface area (Å²) >= 11 is 3.02. The van der Waals surface area contributed by atoms with Gasteiger partial charge in [0.25, 0.3) is 5.56 Å². The van der Waals surface area contributed by atoms with Crippen LogP contribution in [0.1, 0.15) is 38.1 Å². The molecule has 0 aliphatic heterocycles. The number of carbonyl (C=O) groups excluding carboxylic acids is 1. The van der Waals surface area contributed by atoms with Gasteiger partial charge < -0.3 is 9.72 Å². The van der Waals surface area contributed by atoms with Crippen molar-refractivity contribution in [2.24, 2.45) is 5.92 Å². The molecule has 0 aromatic carbocycles. The highest BCUT2D eigenvalue weighted by molar-refractivity contribution is 7.18. The van der Waals surface area contributed by atoms with Crippen LogP contribution in [-0.4, -0.2) is 15.9 Å². The molecule has 0 bridgehead atoms. The number of hydrogen-bond donors (Lipinski definition) is 1. The summed E-state index contributed by atoms with van der Waals surface area (Å²) in [6.07, 6.45) is 5.93. The highest BCUT2D eigenvalue weighted by atomic mass is 32.1. The van der Waals surface area contributed by atoms with E-state index in [-0.39, 0.29) is 17.4 Å². The monoisotopic (exact) mass is 386 g/mol. The summed E-state index contributed by atoms with van der Waals surface area (Å²) in [5.74, 6) is 0.0573. The van der Waals surface area contributed by atoms with Gasteiger partial charge in [0.2, 0.25) is 0 Å². The molecule has 7 heteroatoms. The summed E-state index contributed by atoms with van der Waals surface area (Å²) in [5, 5.41) is 4.53. The minimum Gasteiger partial charge on any atom is -0.454 e. The van der Waals surface area contributed by atoms with Crippen LogP contribution < -0.4 is 5.56 Å². The Kier molecular flexibility index (Phi) is 4.74. The fraction of sp³-hybridized carbons (Fsp3) is 0.316. The first-order chi connectivity index (χ1) is 12.6. The van der Waals surface area contributed by atoms with Gasteiger partial charge in [0.15, 0.2) is 11.9 Å². The number of aromatic amines is 1. The molecule has 3 aromatic heterocycles. The third-order valence-electron chi connectivity index (χ3n) is 4.53. The highest BCUT2D eigenvalue weighted by Crippen LogP contribution is 2.34. The molecule has 4 rings (SSSR count). The normalized spacial score (nSPS) is 18.1. The number of ether oxygens (including phenoxy) is 1. The molecule has 1 aliphatic rings. The third-order valence-corrected chi connectivity index (χ3v) is 6.30. The van der Waals surface area contributed by atoms with Crippen LogP contribution in [0.5, 0.6) is 0 Å². The molecule has 3 heterocycles. The van der Waals surface area contributed by atoms with Gasteiger partial charge in [-0.1, -0.05) is 18.2 Å². The van der Waals surface area contributed by atoms with Crippen LogP contribution in [0.3, 0.4) is 0 Å². The van der Waals surface area contributed by atoms with Crippen molar-refractivity contribution in [2.45, 2.75) is 32.3 Å². The number of nitrogens with one attached hydrogen (secondary N) is 1. The largest absolute Gasteiger partial charge is 0.454 e. The molecule has 0 saturated heterocycles. The lowest BCUT2D eigenvalue weighted by molar-refractivity contribution is -0.154. The van der Waals surface area contributed by atoms with E-state index in [1.54, 1.807) is 18.3 Å². The number of carbonyl (C=O) groups is 1. The molecule has 5 nitrogen and oxygen atoms in total. The Hall–Kier alpha value is -2.25. The minimum absolute atomic E-state index is 0.106. The predicted octanol–water partition coefficient (Wildman–Crippen LogP) is 4.67. The molecule has 26 heavy (non-hydrogen) atoms. The predicted molar refractivity (Wildman–Crippen MR) is 105 cm³/mol. The first kappa shape index (κ1) is 17.2. The van der Waals surface area contributed by atoms with Gasteiger partial charge in [0, 0.05) is 15.8 Å². The Balaban J connectivity index is 1.60. The molecule has 0 spiro atoms. The lowest BCUT2D eigenvalue weighted by atomic mass is 9.95. The van der Waals surface area contributed by atoms with E-state index in [0.717, 1.165) is 23.3 Å². The van der Waals surface area contributed by atoms with E-state index in [9.17, 15) is 9.59 Å². The lowest BCUT2D eigenvalue weighted by Gasteiger charge is -2.19. The number of hydrogen-bond acceptors (Lipinski definition) is 6. The number of fused-ring (bicyclic) bond motifs is 1. The maximum absolute atomic E-state index is 12.6. The van der Waals surface area contributed by atoms with Gasteiger partial charge in [-0.15, -0.1) is 22.7 Å². The van der Waals surface area contributed by atoms with Crippen LogP contribution in [0.2, 0.25) is 0 Å². The van der Waals surface area contributed by atoms with Crippen molar-refractivity contribution in [3.63, 3.8) is 0 Å². The van der Waals surface area contributed by atoms with Gasteiger partial charge in [-0.25, -0.2) is 4.98 Å². The van der Waals surface area contributed by atoms with Crippen LogP contribution >= 0.6 is 22.7 Å². The van der Waals surface area contributed by atoms with Gasteiger partial charge in [0.1, 0.15) is 4.83 Å². The van der Waals surface area contributed by atoms with Crippen molar-refractivity contribution in [1.29, 1.82) is 0 Å². The average molecular weight is 386 g/mol. The van der Waals surface area contributed by atoms with Crippen LogP contribution in [0.25, 0.3) is 20.7 Å². The summed E-state index contributed by atoms with van der Waals surface area (Å²) in [4.78, 5) is 34.0. The smallest absolute Gasteiger partial charge is 0.309 e. The van der Waals surface area contributed by atoms with Crippen molar-refractivity contribution >= 4 is 38.9 Å². The molecule has 0 radical (unpaired) electrons. The maximum Gasteiger partial charge on any atom is 0.309 e. The molecule has 0 saturated carbocycles. The van der Waals surface area contributed by atoms with Crippen molar-refractivity contribution in [2.75, 3.05) is 0 Å². The number of rotatable bonds is 4. The zero-order valence-corrected chi connectivity index (χ0v) is 15.9. The number of aromatic nitrogens is 2. The molecule has 2 atom stereocenters. The van der Waals surface area contributed by atoms with E-state index in [1.807, 2.05) is 29.0 Å². The lowest BCUT2D eigenvalue weighted by Crippen LogP contribution is -2.22. The zero-order valence-electron chi connectivity index (χ0n) is 14.2. The summed E-state index contributed by atoms with van der Waals surface area (Å²) in [5.41, 5.74) is 0.706. The van der Waals surface area contributed by atoms with Crippen molar-refractivity contribution < 1.29 is 9.53 Å². The van der Waals surface area contributed by atoms with E-state index >= 15 is 0 Å². The fourth-order valence-corrected chi connectivity index (χ4v) is 4.87. The second-order valence-corrected chi connectivity index (χ2v) is 8.12. The van der Waals surface area contributed by atoms with Crippen LogP contribution in [0.4, 0.5) is 0 Å². The van der Waals surface area contributed by atoms with E-state index < -0.39 is 6.10 Å². The second-order valence-electron chi connectivity index (χ2n) is 6.32. The van der Waals surface area contributed by atoms with Crippen LogP contribution in [-0.2, 0) is 9.53 Å². The quantitative estimate of drug-likeness (QED) is 0.522. The van der Waals surface area contributed by atoms with Crippen LogP contribution in [0, 0.1) is 5.92 Å². The average Bonchev–Trinajstić information content (AvgIpc) is 3.31. The SMILES string of the molecule is C[C@H](OC(=O)[C@@H]1CC=CCC1)c1nc2scc(-c3cccs3)c2c(=O)[nH]1. The van der Waals surface area contributed by atoms with Crippen molar-refractivity contribution in [3.05, 3.63) is 51.2 Å². The van der Waals surface area contributed by atoms with Crippen LogP contribution in [0.15, 0.2) is 39.8 Å². The third kappa shape index (κ3) is 3.24. The molecule has 134 valence electrons. The molecule has 0 fully saturated rings. The maximum atomic E-state index is 12.6. The van der Waals surface area contributed by atoms with Crippen molar-refractivity contribution in [3.8, 4) is 10.4 Å². The number of H-pyrrole nitrogens is 1. The summed E-state index contributed by atoms with van der Waals surface area (Å²) in [6, 6.07) is 3.95. The molecule has 1 N–H and O–H groups in total. The summed E-state index contributed by atoms with van der Waals surface area (Å²) in [6.45, 7) is 1.74. The Bertz CT molecular complexity index is 1020. The van der Waals surface area contributed by atoms with Gasteiger partial charge >= 0.3 is 5.97 Å². The fourth-order valence-electron chi connectivity index (χ4n) is 3.11. The Morgan fingerprint density at radius 1 is 1.38 bits per heavy atom. The first-order valence-electron chi connectivity index (χ1n) is 8.54. The Morgan fingerprint density at radius 2 is 2.27 bits per heavy atom. The van der Waals surface area contributed by atoms with E-state index in [4.69, 9.17) is 4.74 Å². The topological polar surface area (TPSA) is 72.0 Å². The van der Waals surface area contributed by atoms with E-state index in [1.165, 1.54) is 11.3 Å². The highest BCUT2D eigenvalue weighted by Gasteiger charge is 2.24. The number of esters is 1. The molecular weight excluding hydrogens is 368 g/mol.